The van der Waals surface area contributed by atoms with Crippen molar-refractivity contribution in [3.63, 3.8) is 0 Å². The molecule has 1 heterocycles. The minimum atomic E-state index is 0.150. The second kappa shape index (κ2) is 6.75. The molecule has 0 radical (unpaired) electrons. The number of ether oxygens (including phenoxy) is 1. The van der Waals surface area contributed by atoms with Crippen LogP contribution in [0.1, 0.15) is 12.5 Å². The van der Waals surface area contributed by atoms with E-state index in [4.69, 9.17) is 33.8 Å². The molecule has 7 nitrogen and oxygen atoms in total. The van der Waals surface area contributed by atoms with Crippen LogP contribution in [-0.4, -0.2) is 21.6 Å². The highest BCUT2D eigenvalue weighted by molar-refractivity contribution is 6.35. The molecule has 0 unspecified atom stereocenters. The fourth-order valence-corrected chi connectivity index (χ4v) is 1.96. The molecule has 0 spiro atoms. The van der Waals surface area contributed by atoms with E-state index in [-0.39, 0.29) is 17.9 Å². The number of nitrogens with one attached hydrogen (secondary N) is 2. The number of hydrazine groups is 1. The molecule has 0 saturated carbocycles. The van der Waals surface area contributed by atoms with Crippen LogP contribution in [0.3, 0.4) is 0 Å². The highest BCUT2D eigenvalue weighted by Gasteiger charge is 2.10. The summed E-state index contributed by atoms with van der Waals surface area (Å²) in [4.78, 5) is 12.1. The summed E-state index contributed by atoms with van der Waals surface area (Å²) >= 11 is 12.2. The zero-order valence-electron chi connectivity index (χ0n) is 11.4. The first kappa shape index (κ1) is 15.6. The van der Waals surface area contributed by atoms with Crippen LogP contribution in [0.4, 0.5) is 17.6 Å². The quantitative estimate of drug-likeness (QED) is 0.573. The van der Waals surface area contributed by atoms with Crippen molar-refractivity contribution in [2.24, 2.45) is 5.84 Å². The maximum Gasteiger partial charge on any atom is 0.323 e. The normalized spacial score (nSPS) is 10.3. The molecule has 0 aliphatic carbocycles. The summed E-state index contributed by atoms with van der Waals surface area (Å²) in [7, 11) is 0. The van der Waals surface area contributed by atoms with Gasteiger partial charge in [0.2, 0.25) is 11.9 Å². The number of nitrogens with two attached hydrogens (primary N) is 1. The Kier molecular flexibility index (Phi) is 5.00. The van der Waals surface area contributed by atoms with Crippen molar-refractivity contribution in [3.8, 4) is 6.01 Å². The van der Waals surface area contributed by atoms with Crippen LogP contribution in [0.15, 0.2) is 12.1 Å². The number of rotatable bonds is 5. The number of halogens is 2. The Labute approximate surface area is 131 Å². The lowest BCUT2D eigenvalue weighted by molar-refractivity contribution is 0.312. The Morgan fingerprint density at radius 1 is 1.14 bits per heavy atom. The van der Waals surface area contributed by atoms with E-state index in [1.165, 1.54) is 0 Å². The van der Waals surface area contributed by atoms with Crippen molar-refractivity contribution < 1.29 is 4.74 Å². The number of hydrogen-bond donors (Lipinski definition) is 3. The zero-order valence-corrected chi connectivity index (χ0v) is 13.0. The molecule has 0 aliphatic rings. The third-order valence-electron chi connectivity index (χ3n) is 2.51. The summed E-state index contributed by atoms with van der Waals surface area (Å²) in [5, 5.41) is 4.04. The molecule has 0 bridgehead atoms. The molecule has 21 heavy (non-hydrogen) atoms. The predicted molar refractivity (Wildman–Crippen MR) is 83.3 cm³/mol. The highest BCUT2D eigenvalue weighted by Crippen LogP contribution is 2.30. The van der Waals surface area contributed by atoms with E-state index in [1.54, 1.807) is 12.1 Å². The maximum atomic E-state index is 6.16. The van der Waals surface area contributed by atoms with E-state index < -0.39 is 0 Å². The Morgan fingerprint density at radius 2 is 1.86 bits per heavy atom. The molecule has 0 saturated heterocycles. The van der Waals surface area contributed by atoms with Crippen LogP contribution in [0, 0.1) is 6.92 Å². The van der Waals surface area contributed by atoms with E-state index in [2.05, 4.69) is 25.7 Å². The second-order valence-electron chi connectivity index (χ2n) is 4.05. The van der Waals surface area contributed by atoms with Gasteiger partial charge in [0.15, 0.2) is 0 Å². The smallest absolute Gasteiger partial charge is 0.323 e. The molecule has 0 atom stereocenters. The number of aromatic nitrogens is 3. The van der Waals surface area contributed by atoms with Gasteiger partial charge in [-0.15, -0.1) is 0 Å². The highest BCUT2D eigenvalue weighted by atomic mass is 35.5. The molecule has 2 aromatic rings. The zero-order chi connectivity index (χ0) is 15.4. The molecule has 112 valence electrons. The number of anilines is 3. The van der Waals surface area contributed by atoms with Crippen LogP contribution in [0.25, 0.3) is 0 Å². The number of nitrogen functional groups attached to an aromatic ring is 1. The molecular formula is C12H14Cl2N6O. The van der Waals surface area contributed by atoms with Crippen LogP contribution < -0.4 is 21.3 Å². The Balaban J connectivity index is 2.34. The predicted octanol–water partition coefficient (Wildman–Crippen LogP) is 2.91. The minimum Gasteiger partial charge on any atom is -0.464 e. The fraction of sp³-hybridized carbons (Fsp3) is 0.250. The fourth-order valence-electron chi connectivity index (χ4n) is 1.53. The lowest BCUT2D eigenvalue weighted by Crippen LogP contribution is -2.13. The van der Waals surface area contributed by atoms with Gasteiger partial charge in [-0.3, -0.25) is 5.43 Å². The molecule has 1 aromatic carbocycles. The van der Waals surface area contributed by atoms with Gasteiger partial charge in [-0.25, -0.2) is 5.84 Å². The average Bonchev–Trinajstić information content (AvgIpc) is 2.45. The largest absolute Gasteiger partial charge is 0.464 e. The van der Waals surface area contributed by atoms with E-state index in [9.17, 15) is 0 Å². The van der Waals surface area contributed by atoms with Gasteiger partial charge in [0.25, 0.3) is 0 Å². The van der Waals surface area contributed by atoms with Crippen molar-refractivity contribution in [1.29, 1.82) is 0 Å². The first-order chi connectivity index (χ1) is 10.0. The molecule has 0 fully saturated rings. The Hall–Kier alpha value is -1.83. The van der Waals surface area contributed by atoms with Crippen LogP contribution in [-0.2, 0) is 0 Å². The van der Waals surface area contributed by atoms with Crippen molar-refractivity contribution in [1.82, 2.24) is 15.0 Å². The lowest BCUT2D eigenvalue weighted by atomic mass is 10.2. The lowest BCUT2D eigenvalue weighted by Gasteiger charge is -2.11. The SMILES string of the molecule is CCOc1nc(NN)nc(Nc2cc(Cl)c(C)cc2Cl)n1. The number of hydrogen-bond acceptors (Lipinski definition) is 7. The van der Waals surface area contributed by atoms with Gasteiger partial charge in [0.1, 0.15) is 0 Å². The summed E-state index contributed by atoms with van der Waals surface area (Å²) in [5.41, 5.74) is 3.80. The summed E-state index contributed by atoms with van der Waals surface area (Å²) in [6, 6.07) is 3.59. The van der Waals surface area contributed by atoms with Gasteiger partial charge in [-0.1, -0.05) is 23.2 Å². The van der Waals surface area contributed by atoms with E-state index >= 15 is 0 Å². The Morgan fingerprint density at radius 3 is 2.52 bits per heavy atom. The molecule has 2 rings (SSSR count). The second-order valence-corrected chi connectivity index (χ2v) is 4.86. The number of benzene rings is 1. The standard InChI is InChI=1S/C12H14Cl2N6O/c1-3-21-12-18-10(17-11(19-12)20-15)16-9-5-7(13)6(2)4-8(9)14/h4-5H,3,15H2,1-2H3,(H2,16,17,18,19,20). The van der Waals surface area contributed by atoms with Crippen LogP contribution >= 0.6 is 23.2 Å². The van der Waals surface area contributed by atoms with Gasteiger partial charge in [0.05, 0.1) is 17.3 Å². The molecule has 4 N–H and O–H groups in total. The molecule has 0 amide bonds. The first-order valence-corrected chi connectivity index (χ1v) is 6.87. The van der Waals surface area contributed by atoms with Crippen molar-refractivity contribution in [3.05, 3.63) is 27.7 Å². The monoisotopic (exact) mass is 328 g/mol. The van der Waals surface area contributed by atoms with Gasteiger partial charge in [0, 0.05) is 5.02 Å². The van der Waals surface area contributed by atoms with Crippen molar-refractivity contribution in [2.45, 2.75) is 13.8 Å². The molecular weight excluding hydrogens is 315 g/mol. The summed E-state index contributed by atoms with van der Waals surface area (Å²) in [6.45, 7) is 4.11. The van der Waals surface area contributed by atoms with Crippen LogP contribution in [0.5, 0.6) is 6.01 Å². The van der Waals surface area contributed by atoms with Crippen molar-refractivity contribution >= 4 is 40.8 Å². The molecule has 1 aromatic heterocycles. The maximum absolute atomic E-state index is 6.16. The topological polar surface area (TPSA) is 98.0 Å². The molecule has 9 heteroatoms. The van der Waals surface area contributed by atoms with E-state index in [0.29, 0.717) is 22.3 Å². The number of nitrogens with zero attached hydrogens (tertiary/aromatic N) is 3. The van der Waals surface area contributed by atoms with Crippen LogP contribution in [0.2, 0.25) is 10.0 Å². The summed E-state index contributed by atoms with van der Waals surface area (Å²) < 4.78 is 5.24. The van der Waals surface area contributed by atoms with Gasteiger partial charge >= 0.3 is 6.01 Å². The third-order valence-corrected chi connectivity index (χ3v) is 3.23. The van der Waals surface area contributed by atoms with E-state index in [0.717, 1.165) is 5.56 Å². The first-order valence-electron chi connectivity index (χ1n) is 6.11. The van der Waals surface area contributed by atoms with Gasteiger partial charge in [-0.05, 0) is 31.5 Å². The van der Waals surface area contributed by atoms with E-state index in [1.807, 2.05) is 13.8 Å². The minimum absolute atomic E-state index is 0.150. The third kappa shape index (κ3) is 3.84. The van der Waals surface area contributed by atoms with Gasteiger partial charge in [-0.2, -0.15) is 15.0 Å². The Bertz CT molecular complexity index is 652. The molecule has 0 aliphatic heterocycles. The summed E-state index contributed by atoms with van der Waals surface area (Å²) in [5.74, 6) is 5.73. The number of aryl methyl sites for hydroxylation is 1. The average molecular weight is 329 g/mol. The van der Waals surface area contributed by atoms with Gasteiger partial charge < -0.3 is 10.1 Å². The summed E-state index contributed by atoms with van der Waals surface area (Å²) in [6.07, 6.45) is 0. The van der Waals surface area contributed by atoms with Crippen molar-refractivity contribution in [2.75, 3.05) is 17.3 Å².